The van der Waals surface area contributed by atoms with Crippen LogP contribution in [0.3, 0.4) is 0 Å². The number of phenols is 1. The summed E-state index contributed by atoms with van der Waals surface area (Å²) >= 11 is 0. The zero-order valence-corrected chi connectivity index (χ0v) is 20.0. The molecule has 186 valence electrons. The Bertz CT molecular complexity index is 1190. The topological polar surface area (TPSA) is 158 Å². The highest BCUT2D eigenvalue weighted by atomic mass is 16.3. The number of phenolic OH excluding ortho intramolecular Hbond substituents is 1. The number of nitrogens with zero attached hydrogens (tertiary/aromatic N) is 2. The van der Waals surface area contributed by atoms with Gasteiger partial charge in [0.2, 0.25) is 5.91 Å². The van der Waals surface area contributed by atoms with Crippen LogP contribution in [0.1, 0.15) is 27.9 Å². The highest BCUT2D eigenvalue weighted by Gasteiger charge is 2.69. The number of hydrogen-bond donors (Lipinski definition) is 3. The van der Waals surface area contributed by atoms with Crippen LogP contribution in [0.5, 0.6) is 5.75 Å². The number of primary amides is 1. The summed E-state index contributed by atoms with van der Waals surface area (Å²) in [7, 11) is 6.78. The maximum atomic E-state index is 13.7. The number of carbonyl (C=O) groups is 5. The fraction of sp³-hybridized carbons (Fsp3) is 0.480. The molecule has 0 aliphatic heterocycles. The monoisotopic (exact) mass is 483 g/mol. The van der Waals surface area contributed by atoms with Gasteiger partial charge in [-0.25, -0.2) is 0 Å². The zero-order valence-electron chi connectivity index (χ0n) is 20.0. The molecule has 0 spiro atoms. The lowest BCUT2D eigenvalue weighted by Crippen LogP contribution is -2.74. The van der Waals surface area contributed by atoms with E-state index < -0.39 is 64.4 Å². The van der Waals surface area contributed by atoms with Crippen LogP contribution in [0.15, 0.2) is 18.3 Å². The molecule has 35 heavy (non-hydrogen) atoms. The van der Waals surface area contributed by atoms with E-state index in [1.807, 2.05) is 19.0 Å². The number of nitrogens with two attached hydrogens (primary N) is 1. The molecule has 10 heteroatoms. The predicted molar refractivity (Wildman–Crippen MR) is 124 cm³/mol. The third-order valence-corrected chi connectivity index (χ3v) is 7.53. The summed E-state index contributed by atoms with van der Waals surface area (Å²) < 4.78 is 0. The Morgan fingerprint density at radius 3 is 2.34 bits per heavy atom. The Hall–Kier alpha value is -3.37. The first kappa shape index (κ1) is 24.7. The average Bonchev–Trinajstić information content (AvgIpc) is 2.75. The van der Waals surface area contributed by atoms with Crippen molar-refractivity contribution in [3.63, 3.8) is 0 Å². The normalized spacial score (nSPS) is 32.5. The number of carbonyl (C=O) groups excluding carboxylic acids is 5. The molecule has 6 atom stereocenters. The van der Waals surface area contributed by atoms with Gasteiger partial charge in [-0.15, -0.1) is 0 Å². The van der Waals surface area contributed by atoms with Crippen molar-refractivity contribution in [2.45, 2.75) is 24.5 Å². The minimum atomic E-state index is -2.71. The Morgan fingerprint density at radius 2 is 1.77 bits per heavy atom. The third kappa shape index (κ3) is 3.51. The zero-order chi connectivity index (χ0) is 26.0. The predicted octanol–water partition coefficient (Wildman–Crippen LogP) is -0.601. The fourth-order valence-corrected chi connectivity index (χ4v) is 6.01. The van der Waals surface area contributed by atoms with E-state index in [0.29, 0.717) is 11.1 Å². The van der Waals surface area contributed by atoms with E-state index in [1.165, 1.54) is 11.0 Å². The van der Waals surface area contributed by atoms with Crippen molar-refractivity contribution in [1.29, 1.82) is 0 Å². The first-order valence-corrected chi connectivity index (χ1v) is 11.4. The van der Waals surface area contributed by atoms with Gasteiger partial charge < -0.3 is 20.8 Å². The second-order valence-corrected chi connectivity index (χ2v) is 10.1. The molecule has 1 aromatic carbocycles. The van der Waals surface area contributed by atoms with E-state index in [4.69, 9.17) is 5.73 Å². The van der Waals surface area contributed by atoms with Crippen molar-refractivity contribution in [2.75, 3.05) is 28.2 Å². The Labute approximate surface area is 202 Å². The van der Waals surface area contributed by atoms with Crippen molar-refractivity contribution in [3.05, 3.63) is 35.0 Å². The molecule has 0 saturated heterocycles. The number of aromatic hydroxyl groups is 1. The number of benzene rings is 1. The Balaban J connectivity index is 1.86. The number of hydrogen-bond acceptors (Lipinski definition) is 9. The molecule has 4 rings (SSSR count). The second kappa shape index (κ2) is 8.39. The minimum Gasteiger partial charge on any atom is -0.507 e. The molecule has 2 fully saturated rings. The van der Waals surface area contributed by atoms with Crippen LogP contribution in [0, 0.1) is 23.7 Å². The van der Waals surface area contributed by atoms with Crippen molar-refractivity contribution in [1.82, 2.24) is 9.80 Å². The smallest absolute Gasteiger partial charge is 0.235 e. The molecule has 1 amide bonds. The van der Waals surface area contributed by atoms with E-state index >= 15 is 0 Å². The van der Waals surface area contributed by atoms with Crippen molar-refractivity contribution in [2.24, 2.45) is 29.4 Å². The largest absolute Gasteiger partial charge is 0.507 e. The maximum Gasteiger partial charge on any atom is 0.235 e. The number of aliphatic hydroxyl groups is 1. The van der Waals surface area contributed by atoms with Gasteiger partial charge >= 0.3 is 0 Å². The van der Waals surface area contributed by atoms with Crippen LogP contribution in [0.2, 0.25) is 0 Å². The van der Waals surface area contributed by atoms with Crippen LogP contribution < -0.4 is 5.73 Å². The molecular weight excluding hydrogens is 454 g/mol. The molecule has 2 saturated carbocycles. The molecule has 0 radical (unpaired) electrons. The first-order chi connectivity index (χ1) is 16.3. The summed E-state index contributed by atoms with van der Waals surface area (Å²) in [4.78, 5) is 68.9. The molecule has 0 aromatic heterocycles. The lowest BCUT2D eigenvalue weighted by Gasteiger charge is -2.52. The number of Topliss-reactive ketones (excluding diaryl/α,β-unsaturated/α-hetero) is 4. The van der Waals surface area contributed by atoms with Crippen LogP contribution in [-0.4, -0.2) is 88.9 Å². The lowest BCUT2D eigenvalue weighted by molar-refractivity contribution is -0.181. The van der Waals surface area contributed by atoms with E-state index in [9.17, 15) is 34.2 Å². The van der Waals surface area contributed by atoms with Crippen molar-refractivity contribution < 1.29 is 34.2 Å². The van der Waals surface area contributed by atoms with Crippen LogP contribution in [0.4, 0.5) is 0 Å². The Kier molecular flexibility index (Phi) is 5.93. The molecule has 3 aliphatic carbocycles. The van der Waals surface area contributed by atoms with Crippen LogP contribution in [0.25, 0.3) is 6.08 Å². The van der Waals surface area contributed by atoms with Gasteiger partial charge in [-0.2, -0.15) is 0 Å². The molecule has 1 aromatic rings. The van der Waals surface area contributed by atoms with Crippen LogP contribution >= 0.6 is 0 Å². The molecule has 4 N–H and O–H groups in total. The maximum absolute atomic E-state index is 13.7. The summed E-state index contributed by atoms with van der Waals surface area (Å²) in [6, 6.07) is 1.93. The molecule has 3 aliphatic rings. The van der Waals surface area contributed by atoms with E-state index in [2.05, 4.69) is 0 Å². The van der Waals surface area contributed by atoms with Crippen molar-refractivity contribution in [3.8, 4) is 5.75 Å². The minimum absolute atomic E-state index is 0.0162. The van der Waals surface area contributed by atoms with Gasteiger partial charge in [-0.3, -0.25) is 28.9 Å². The van der Waals surface area contributed by atoms with Crippen molar-refractivity contribution >= 4 is 35.1 Å². The van der Waals surface area contributed by atoms with Gasteiger partial charge in [0.05, 0.1) is 17.5 Å². The van der Waals surface area contributed by atoms with Gasteiger partial charge in [-0.1, -0.05) is 6.07 Å². The average molecular weight is 484 g/mol. The number of amides is 1. The highest BCUT2D eigenvalue weighted by Crippen LogP contribution is 2.51. The summed E-state index contributed by atoms with van der Waals surface area (Å²) in [5.74, 6) is -10.4. The highest BCUT2D eigenvalue weighted by molar-refractivity contribution is 6.32. The Morgan fingerprint density at radius 1 is 1.11 bits per heavy atom. The van der Waals surface area contributed by atoms with Crippen LogP contribution in [-0.2, 0) is 25.6 Å². The third-order valence-electron chi connectivity index (χ3n) is 7.53. The summed E-state index contributed by atoms with van der Waals surface area (Å²) in [6.07, 6.45) is 3.84. The standard InChI is InChI=1S/C25H29N3O7/c1-27(2)8-7-11-5-6-15(29)17-13(11)9-12-10-14-19(28(3)4)21(31)18(24(26)34)23(33)25(14,35)22(32)16(12)20(17)30/h5-8,12,14,16,18-19,29,35H,9-10H2,1-4H3,(H2,26,34)/t12-,14-,16?,18?,19+,25-/m0/s1. The fourth-order valence-electron chi connectivity index (χ4n) is 6.01. The van der Waals surface area contributed by atoms with Gasteiger partial charge in [0, 0.05) is 20.0 Å². The first-order valence-electron chi connectivity index (χ1n) is 11.4. The molecular formula is C25H29N3O7. The van der Waals surface area contributed by atoms with Gasteiger partial charge in [0.25, 0.3) is 0 Å². The summed E-state index contributed by atoms with van der Waals surface area (Å²) in [5.41, 5.74) is 3.85. The summed E-state index contributed by atoms with van der Waals surface area (Å²) in [6.45, 7) is 0. The van der Waals surface area contributed by atoms with E-state index in [-0.39, 0.29) is 24.2 Å². The van der Waals surface area contributed by atoms with Gasteiger partial charge in [-0.05, 0) is 62.3 Å². The number of ketones is 4. The summed E-state index contributed by atoms with van der Waals surface area (Å²) in [5, 5.41) is 22.1. The molecule has 10 nitrogen and oxygen atoms in total. The number of fused-ring (bicyclic) bond motifs is 3. The van der Waals surface area contributed by atoms with Gasteiger partial charge in [0.1, 0.15) is 5.75 Å². The number of likely N-dealkylation sites (N-methyl/N-ethyl adjacent to an activating group) is 1. The van der Waals surface area contributed by atoms with E-state index in [0.717, 1.165) is 0 Å². The SMILES string of the molecule is CN(C)C=Cc1ccc(O)c2c1C[C@H]1C[C@H]3[C@@H](N(C)C)C(=O)C(C(N)=O)C(=O)[C@@]3(O)C(=O)C1C2=O. The lowest BCUT2D eigenvalue weighted by atomic mass is 9.52. The number of rotatable bonds is 4. The second-order valence-electron chi connectivity index (χ2n) is 10.1. The molecule has 0 heterocycles. The quantitative estimate of drug-likeness (QED) is 0.475. The molecule has 2 unspecified atom stereocenters. The molecule has 0 bridgehead atoms. The van der Waals surface area contributed by atoms with E-state index in [1.54, 1.807) is 32.4 Å². The van der Waals surface area contributed by atoms with Gasteiger partial charge in [0.15, 0.2) is 34.7 Å².